The van der Waals surface area contributed by atoms with Gasteiger partial charge in [-0.1, -0.05) is 41.9 Å². The van der Waals surface area contributed by atoms with Crippen molar-refractivity contribution in [1.82, 2.24) is 15.3 Å². The smallest absolute Gasteiger partial charge is 0.271 e. The van der Waals surface area contributed by atoms with Crippen molar-refractivity contribution in [3.8, 4) is 0 Å². The van der Waals surface area contributed by atoms with E-state index in [1.54, 1.807) is 24.3 Å². The highest BCUT2D eigenvalue weighted by molar-refractivity contribution is 7.99. The van der Waals surface area contributed by atoms with Crippen molar-refractivity contribution in [3.05, 3.63) is 46.2 Å². The fraction of sp³-hybridized carbons (Fsp3) is 0.250. The molecule has 25 heavy (non-hydrogen) atoms. The van der Waals surface area contributed by atoms with Crippen molar-refractivity contribution in [2.24, 2.45) is 0 Å². The summed E-state index contributed by atoms with van der Waals surface area (Å²) in [6.07, 6.45) is 1.52. The third-order valence-corrected chi connectivity index (χ3v) is 4.25. The Balaban J connectivity index is 1.84. The summed E-state index contributed by atoms with van der Waals surface area (Å²) >= 11 is 13.2. The molecular weight excluding hydrogens is 383 g/mol. The number of hydrogen-bond donors (Lipinski definition) is 2. The van der Waals surface area contributed by atoms with Gasteiger partial charge >= 0.3 is 0 Å². The van der Waals surface area contributed by atoms with Gasteiger partial charge in [-0.15, -0.1) is 0 Å². The van der Waals surface area contributed by atoms with E-state index >= 15 is 0 Å². The molecule has 2 N–H and O–H groups in total. The number of hydrogen-bond acceptors (Lipinski definition) is 5. The van der Waals surface area contributed by atoms with E-state index in [-0.39, 0.29) is 29.6 Å². The molecule has 0 bridgehead atoms. The van der Waals surface area contributed by atoms with Crippen LogP contribution in [0.1, 0.15) is 23.8 Å². The standard InChI is InChI=1S/C16H16Cl2N4O2S/c1-2-25-16-20-9-12(18)14(22-16)15(24)19-8-7-13(23)21-11-5-3-10(17)4-6-11/h3-6,9H,2,7-8H2,1H3,(H,19,24)(H,21,23). The molecule has 0 radical (unpaired) electrons. The van der Waals surface area contributed by atoms with E-state index in [0.29, 0.717) is 15.9 Å². The fourth-order valence-corrected chi connectivity index (χ4v) is 2.68. The lowest BCUT2D eigenvalue weighted by atomic mass is 10.3. The first kappa shape index (κ1) is 19.5. The van der Waals surface area contributed by atoms with Crippen molar-refractivity contribution in [1.29, 1.82) is 0 Å². The van der Waals surface area contributed by atoms with E-state index in [2.05, 4.69) is 20.6 Å². The molecule has 0 saturated heterocycles. The largest absolute Gasteiger partial charge is 0.350 e. The highest BCUT2D eigenvalue weighted by atomic mass is 35.5. The fourth-order valence-electron chi connectivity index (χ4n) is 1.84. The molecule has 0 saturated carbocycles. The maximum atomic E-state index is 12.2. The zero-order valence-electron chi connectivity index (χ0n) is 13.4. The summed E-state index contributed by atoms with van der Waals surface area (Å²) in [7, 11) is 0. The molecule has 9 heteroatoms. The number of thioether (sulfide) groups is 1. The summed E-state index contributed by atoms with van der Waals surface area (Å²) in [5.41, 5.74) is 0.742. The minimum Gasteiger partial charge on any atom is -0.350 e. The van der Waals surface area contributed by atoms with Crippen molar-refractivity contribution in [3.63, 3.8) is 0 Å². The topological polar surface area (TPSA) is 84.0 Å². The summed E-state index contributed by atoms with van der Waals surface area (Å²) in [6, 6.07) is 6.77. The quantitative estimate of drug-likeness (QED) is 0.549. The van der Waals surface area contributed by atoms with Crippen LogP contribution in [0.2, 0.25) is 10.0 Å². The molecule has 0 aliphatic heterocycles. The maximum Gasteiger partial charge on any atom is 0.271 e. The predicted octanol–water partition coefficient (Wildman–Crippen LogP) is 3.65. The third-order valence-electron chi connectivity index (χ3n) is 2.98. The molecule has 0 aliphatic carbocycles. The zero-order chi connectivity index (χ0) is 18.2. The van der Waals surface area contributed by atoms with Crippen molar-refractivity contribution < 1.29 is 9.59 Å². The molecule has 132 valence electrons. The number of nitrogens with one attached hydrogen (secondary N) is 2. The first-order valence-electron chi connectivity index (χ1n) is 7.48. The van der Waals surface area contributed by atoms with E-state index in [1.807, 2.05) is 6.92 Å². The van der Waals surface area contributed by atoms with Crippen LogP contribution in [-0.4, -0.2) is 34.1 Å². The molecule has 0 fully saturated rings. The predicted molar refractivity (Wildman–Crippen MR) is 100 cm³/mol. The van der Waals surface area contributed by atoms with Gasteiger partial charge in [-0.3, -0.25) is 9.59 Å². The Morgan fingerprint density at radius 2 is 1.92 bits per heavy atom. The Labute approximate surface area is 159 Å². The molecule has 1 aromatic heterocycles. The first-order valence-corrected chi connectivity index (χ1v) is 9.22. The summed E-state index contributed by atoms with van der Waals surface area (Å²) in [6.45, 7) is 2.12. The number of aromatic nitrogens is 2. The number of carbonyl (C=O) groups is 2. The molecule has 2 amide bonds. The number of nitrogens with zero attached hydrogens (tertiary/aromatic N) is 2. The van der Waals surface area contributed by atoms with Gasteiger partial charge in [0.25, 0.3) is 5.91 Å². The molecule has 2 rings (SSSR count). The van der Waals surface area contributed by atoms with Crippen LogP contribution in [0.4, 0.5) is 5.69 Å². The Morgan fingerprint density at radius 1 is 1.20 bits per heavy atom. The average Bonchev–Trinajstić information content (AvgIpc) is 2.59. The van der Waals surface area contributed by atoms with Gasteiger partial charge < -0.3 is 10.6 Å². The average molecular weight is 399 g/mol. The molecule has 1 heterocycles. The van der Waals surface area contributed by atoms with Crippen LogP contribution in [0, 0.1) is 0 Å². The van der Waals surface area contributed by atoms with Crippen LogP contribution in [0.25, 0.3) is 0 Å². The second-order valence-corrected chi connectivity index (χ2v) is 6.92. The van der Waals surface area contributed by atoms with E-state index < -0.39 is 5.91 Å². The van der Waals surface area contributed by atoms with E-state index in [9.17, 15) is 9.59 Å². The van der Waals surface area contributed by atoms with Crippen molar-refractivity contribution in [2.75, 3.05) is 17.6 Å². The van der Waals surface area contributed by atoms with Crippen LogP contribution < -0.4 is 10.6 Å². The zero-order valence-corrected chi connectivity index (χ0v) is 15.7. The Morgan fingerprint density at radius 3 is 2.60 bits per heavy atom. The molecule has 1 aromatic carbocycles. The van der Waals surface area contributed by atoms with E-state index in [1.165, 1.54) is 18.0 Å². The van der Waals surface area contributed by atoms with Crippen molar-refractivity contribution in [2.45, 2.75) is 18.5 Å². The lowest BCUT2D eigenvalue weighted by Crippen LogP contribution is -2.28. The molecular formula is C16H16Cl2N4O2S. The summed E-state index contributed by atoms with van der Waals surface area (Å²) < 4.78 is 0. The summed E-state index contributed by atoms with van der Waals surface area (Å²) in [4.78, 5) is 32.2. The second kappa shape index (κ2) is 9.60. The van der Waals surface area contributed by atoms with Gasteiger partial charge in [0.05, 0.1) is 11.2 Å². The van der Waals surface area contributed by atoms with E-state index in [0.717, 1.165) is 5.75 Å². The number of rotatable bonds is 7. The Kier molecular flexibility index (Phi) is 7.49. The number of anilines is 1. The van der Waals surface area contributed by atoms with Crippen molar-refractivity contribution >= 4 is 52.5 Å². The van der Waals surface area contributed by atoms with Crippen LogP contribution >= 0.6 is 35.0 Å². The van der Waals surface area contributed by atoms with Gasteiger partial charge in [-0.25, -0.2) is 9.97 Å². The normalized spacial score (nSPS) is 10.4. The number of halogens is 2. The molecule has 6 nitrogen and oxygen atoms in total. The SMILES string of the molecule is CCSc1ncc(Cl)c(C(=O)NCCC(=O)Nc2ccc(Cl)cc2)n1. The first-order chi connectivity index (χ1) is 12.0. The van der Waals surface area contributed by atoms with Crippen LogP contribution in [0.15, 0.2) is 35.6 Å². The minimum atomic E-state index is -0.440. The van der Waals surface area contributed by atoms with Gasteiger partial charge in [0.15, 0.2) is 10.9 Å². The molecule has 0 spiro atoms. The molecule has 0 aliphatic rings. The summed E-state index contributed by atoms with van der Waals surface area (Å²) in [5.74, 6) is 0.122. The van der Waals surface area contributed by atoms with Gasteiger partial charge in [-0.05, 0) is 30.0 Å². The summed E-state index contributed by atoms with van der Waals surface area (Å²) in [5, 5.41) is 6.59. The molecule has 0 unspecified atom stereocenters. The Hall–Kier alpha value is -1.83. The number of benzene rings is 1. The minimum absolute atomic E-state index is 0.103. The Bertz CT molecular complexity index is 756. The van der Waals surface area contributed by atoms with Crippen LogP contribution in [-0.2, 0) is 4.79 Å². The number of amides is 2. The lowest BCUT2D eigenvalue weighted by molar-refractivity contribution is -0.116. The van der Waals surface area contributed by atoms with Gasteiger partial charge in [0, 0.05) is 23.7 Å². The highest BCUT2D eigenvalue weighted by Gasteiger charge is 2.14. The monoisotopic (exact) mass is 398 g/mol. The van der Waals surface area contributed by atoms with E-state index in [4.69, 9.17) is 23.2 Å². The lowest BCUT2D eigenvalue weighted by Gasteiger charge is -2.08. The highest BCUT2D eigenvalue weighted by Crippen LogP contribution is 2.18. The van der Waals surface area contributed by atoms with Gasteiger partial charge in [-0.2, -0.15) is 0 Å². The van der Waals surface area contributed by atoms with Crippen LogP contribution in [0.3, 0.4) is 0 Å². The van der Waals surface area contributed by atoms with Crippen LogP contribution in [0.5, 0.6) is 0 Å². The molecule has 2 aromatic rings. The maximum absolute atomic E-state index is 12.2. The third kappa shape index (κ3) is 6.19. The number of carbonyl (C=O) groups excluding carboxylic acids is 2. The second-order valence-electron chi connectivity index (χ2n) is 4.84. The van der Waals surface area contributed by atoms with Gasteiger partial charge in [0.2, 0.25) is 5.91 Å². The molecule has 0 atom stereocenters. The van der Waals surface area contributed by atoms with Gasteiger partial charge in [0.1, 0.15) is 0 Å².